The Morgan fingerprint density at radius 3 is 2.63 bits per heavy atom. The summed E-state index contributed by atoms with van der Waals surface area (Å²) < 4.78 is 0. The third kappa shape index (κ3) is 3.28. The Kier molecular flexibility index (Phi) is 5.23. The maximum absolute atomic E-state index is 9.39. The molecule has 1 aliphatic heterocycles. The summed E-state index contributed by atoms with van der Waals surface area (Å²) in [4.78, 5) is 2.60. The summed E-state index contributed by atoms with van der Waals surface area (Å²) in [6, 6.07) is 6.82. The Morgan fingerprint density at radius 1 is 1.26 bits per heavy atom. The molecule has 0 fully saturated rings. The van der Waals surface area contributed by atoms with Gasteiger partial charge in [0.1, 0.15) is 0 Å². The highest BCUT2D eigenvalue weighted by Crippen LogP contribution is 2.28. The molecule has 3 heteroatoms. The smallest absolute Gasteiger partial charge is 0.0702 e. The summed E-state index contributed by atoms with van der Waals surface area (Å²) in [5.41, 5.74) is 3.53. The highest BCUT2D eigenvalue weighted by molar-refractivity contribution is 5.59. The van der Waals surface area contributed by atoms with Crippen molar-refractivity contribution in [3.05, 3.63) is 29.3 Å². The zero-order valence-electron chi connectivity index (χ0n) is 12.2. The normalized spacial score (nSPS) is 18.2. The van der Waals surface area contributed by atoms with E-state index in [4.69, 9.17) is 0 Å². The number of benzene rings is 1. The number of hydrogen-bond donors (Lipinski definition) is 2. The van der Waals surface area contributed by atoms with Crippen molar-refractivity contribution < 1.29 is 5.11 Å². The molecule has 2 rings (SSSR count). The van der Waals surface area contributed by atoms with Gasteiger partial charge in [0.25, 0.3) is 0 Å². The number of anilines is 1. The summed E-state index contributed by atoms with van der Waals surface area (Å²) in [6.07, 6.45) is 3.51. The van der Waals surface area contributed by atoms with E-state index in [1.807, 2.05) is 6.07 Å². The first-order valence-electron chi connectivity index (χ1n) is 7.49. The second kappa shape index (κ2) is 6.92. The predicted molar refractivity (Wildman–Crippen MR) is 80.5 cm³/mol. The second-order valence-electron chi connectivity index (χ2n) is 5.38. The van der Waals surface area contributed by atoms with Crippen LogP contribution in [-0.2, 0) is 13.0 Å². The van der Waals surface area contributed by atoms with Crippen LogP contribution in [0.1, 0.15) is 37.8 Å². The standard InChI is InChI=1S/C16H26N2O/c1-3-8-18(9-4-2)15-10-13-6-5-7-14(12-19)16(13)17-11-15/h5-7,15,17,19H,3-4,8-12H2,1-2H3/t15-/m0/s1. The zero-order chi connectivity index (χ0) is 13.7. The van der Waals surface area contributed by atoms with E-state index in [9.17, 15) is 5.11 Å². The Bertz CT molecular complexity index is 400. The Hall–Kier alpha value is -1.06. The molecular weight excluding hydrogens is 236 g/mol. The van der Waals surface area contributed by atoms with Crippen molar-refractivity contribution in [2.24, 2.45) is 0 Å². The van der Waals surface area contributed by atoms with Crippen molar-refractivity contribution >= 4 is 5.69 Å². The molecule has 106 valence electrons. The Labute approximate surface area is 116 Å². The molecule has 0 unspecified atom stereocenters. The Balaban J connectivity index is 2.12. The fourth-order valence-corrected chi connectivity index (χ4v) is 3.04. The van der Waals surface area contributed by atoms with Gasteiger partial charge in [-0.25, -0.2) is 0 Å². The van der Waals surface area contributed by atoms with Crippen molar-refractivity contribution in [1.29, 1.82) is 0 Å². The van der Waals surface area contributed by atoms with Gasteiger partial charge in [0, 0.05) is 23.8 Å². The maximum Gasteiger partial charge on any atom is 0.0702 e. The molecule has 0 aromatic heterocycles. The summed E-state index contributed by atoms with van der Waals surface area (Å²) in [6.45, 7) is 7.95. The van der Waals surface area contributed by atoms with E-state index in [1.165, 1.54) is 31.5 Å². The minimum atomic E-state index is 0.120. The van der Waals surface area contributed by atoms with E-state index in [0.29, 0.717) is 6.04 Å². The molecular formula is C16H26N2O. The number of aliphatic hydroxyl groups is 1. The molecule has 0 aliphatic carbocycles. The van der Waals surface area contributed by atoms with Crippen LogP contribution in [0.25, 0.3) is 0 Å². The van der Waals surface area contributed by atoms with Crippen molar-refractivity contribution in [2.75, 3.05) is 25.0 Å². The van der Waals surface area contributed by atoms with Gasteiger partial charge in [-0.15, -0.1) is 0 Å². The number of rotatable bonds is 6. The third-order valence-corrected chi connectivity index (χ3v) is 3.92. The van der Waals surface area contributed by atoms with E-state index in [1.54, 1.807) is 0 Å². The van der Waals surface area contributed by atoms with Crippen molar-refractivity contribution in [1.82, 2.24) is 4.90 Å². The molecule has 19 heavy (non-hydrogen) atoms. The molecule has 1 atom stereocenters. The van der Waals surface area contributed by atoms with Crippen LogP contribution >= 0.6 is 0 Å². The van der Waals surface area contributed by atoms with E-state index in [-0.39, 0.29) is 6.61 Å². The highest BCUT2D eigenvalue weighted by atomic mass is 16.3. The molecule has 1 aliphatic rings. The summed E-state index contributed by atoms with van der Waals surface area (Å²) in [7, 11) is 0. The van der Waals surface area contributed by atoms with Gasteiger partial charge in [0.2, 0.25) is 0 Å². The summed E-state index contributed by atoms with van der Waals surface area (Å²) >= 11 is 0. The number of hydrogen-bond acceptors (Lipinski definition) is 3. The van der Waals surface area contributed by atoms with Gasteiger partial charge in [-0.3, -0.25) is 4.90 Å². The summed E-state index contributed by atoms with van der Waals surface area (Å²) in [5.74, 6) is 0. The molecule has 0 saturated carbocycles. The molecule has 1 aromatic carbocycles. The molecule has 0 radical (unpaired) electrons. The quantitative estimate of drug-likeness (QED) is 0.827. The predicted octanol–water partition coefficient (Wildman–Crippen LogP) is 2.64. The zero-order valence-corrected chi connectivity index (χ0v) is 12.2. The molecule has 0 saturated heterocycles. The average molecular weight is 262 g/mol. The average Bonchev–Trinajstić information content (AvgIpc) is 2.45. The molecule has 1 aromatic rings. The third-order valence-electron chi connectivity index (χ3n) is 3.92. The van der Waals surface area contributed by atoms with Crippen LogP contribution in [0.5, 0.6) is 0 Å². The van der Waals surface area contributed by atoms with E-state index < -0.39 is 0 Å². The SMILES string of the molecule is CCCN(CCC)[C@@H]1CNc2c(CO)cccc2C1. The number of para-hydroxylation sites is 1. The molecule has 0 amide bonds. The first-order chi connectivity index (χ1) is 9.30. The molecule has 3 nitrogen and oxygen atoms in total. The van der Waals surface area contributed by atoms with Gasteiger partial charge in [0.05, 0.1) is 6.61 Å². The molecule has 0 bridgehead atoms. The number of aliphatic hydroxyl groups excluding tert-OH is 1. The summed E-state index contributed by atoms with van der Waals surface area (Å²) in [5, 5.41) is 12.9. The van der Waals surface area contributed by atoms with E-state index in [2.05, 4.69) is 36.2 Å². The van der Waals surface area contributed by atoms with Crippen molar-refractivity contribution in [3.63, 3.8) is 0 Å². The van der Waals surface area contributed by atoms with Crippen LogP contribution in [0.15, 0.2) is 18.2 Å². The minimum absolute atomic E-state index is 0.120. The molecule has 0 spiro atoms. The minimum Gasteiger partial charge on any atom is -0.392 e. The van der Waals surface area contributed by atoms with E-state index >= 15 is 0 Å². The van der Waals surface area contributed by atoms with Gasteiger partial charge in [-0.2, -0.15) is 0 Å². The topological polar surface area (TPSA) is 35.5 Å². The maximum atomic E-state index is 9.39. The first-order valence-corrected chi connectivity index (χ1v) is 7.49. The molecule has 1 heterocycles. The molecule has 2 N–H and O–H groups in total. The van der Waals surface area contributed by atoms with Crippen LogP contribution in [0.3, 0.4) is 0 Å². The number of fused-ring (bicyclic) bond motifs is 1. The van der Waals surface area contributed by atoms with Gasteiger partial charge >= 0.3 is 0 Å². The van der Waals surface area contributed by atoms with Crippen LogP contribution in [0.4, 0.5) is 5.69 Å². The van der Waals surface area contributed by atoms with Gasteiger partial charge in [-0.05, 0) is 37.9 Å². The lowest BCUT2D eigenvalue weighted by atomic mass is 9.95. The van der Waals surface area contributed by atoms with Gasteiger partial charge in [0.15, 0.2) is 0 Å². The monoisotopic (exact) mass is 262 g/mol. The van der Waals surface area contributed by atoms with Crippen LogP contribution in [0, 0.1) is 0 Å². The van der Waals surface area contributed by atoms with Crippen LogP contribution < -0.4 is 5.32 Å². The lowest BCUT2D eigenvalue weighted by Gasteiger charge is -2.36. The van der Waals surface area contributed by atoms with Crippen molar-refractivity contribution in [3.8, 4) is 0 Å². The Morgan fingerprint density at radius 2 is 2.00 bits per heavy atom. The van der Waals surface area contributed by atoms with Crippen molar-refractivity contribution in [2.45, 2.75) is 45.8 Å². The largest absolute Gasteiger partial charge is 0.392 e. The highest BCUT2D eigenvalue weighted by Gasteiger charge is 2.24. The number of nitrogens with one attached hydrogen (secondary N) is 1. The van der Waals surface area contributed by atoms with Crippen LogP contribution in [-0.4, -0.2) is 35.7 Å². The fourth-order valence-electron chi connectivity index (χ4n) is 3.04. The second-order valence-corrected chi connectivity index (χ2v) is 5.38. The van der Waals surface area contributed by atoms with Gasteiger partial charge in [-0.1, -0.05) is 32.0 Å². The first kappa shape index (κ1) is 14.4. The lowest BCUT2D eigenvalue weighted by molar-refractivity contribution is 0.199. The number of nitrogens with zero attached hydrogens (tertiary/aromatic N) is 1. The lowest BCUT2D eigenvalue weighted by Crippen LogP contribution is -2.44. The van der Waals surface area contributed by atoms with Crippen LogP contribution in [0.2, 0.25) is 0 Å². The fraction of sp³-hybridized carbons (Fsp3) is 0.625. The van der Waals surface area contributed by atoms with E-state index in [0.717, 1.165) is 24.2 Å². The van der Waals surface area contributed by atoms with Gasteiger partial charge < -0.3 is 10.4 Å².